The Bertz CT molecular complexity index is 878. The van der Waals surface area contributed by atoms with Gasteiger partial charge >= 0.3 is 0 Å². The van der Waals surface area contributed by atoms with Crippen molar-refractivity contribution in [3.63, 3.8) is 0 Å². The minimum absolute atomic E-state index is 0.0447. The molecule has 1 aliphatic heterocycles. The third kappa shape index (κ3) is 3.50. The highest BCUT2D eigenvalue weighted by molar-refractivity contribution is 7.18. The first-order valence-corrected chi connectivity index (χ1v) is 9.75. The normalized spacial score (nSPS) is 17.5. The standard InChI is InChI=1S/C19H22N4O2S/c1-12-11-17(22-25-12)21-18(24)13(2)23-9-7-14(8-10-23)19-20-15-5-3-4-6-16(15)26-19/h3-6,11,13-14H,7-10H2,1-2H3,(H,21,22,24)/t13-/m0/s1. The molecule has 0 radical (unpaired) electrons. The molecule has 1 N–H and O–H groups in total. The number of anilines is 1. The molecule has 26 heavy (non-hydrogen) atoms. The molecule has 1 aromatic carbocycles. The van der Waals surface area contributed by atoms with Crippen LogP contribution in [-0.2, 0) is 4.79 Å². The molecule has 1 amide bonds. The van der Waals surface area contributed by atoms with Crippen LogP contribution in [0.5, 0.6) is 0 Å². The number of piperidine rings is 1. The van der Waals surface area contributed by atoms with E-state index in [-0.39, 0.29) is 11.9 Å². The van der Waals surface area contributed by atoms with Gasteiger partial charge < -0.3 is 9.84 Å². The first kappa shape index (κ1) is 17.2. The summed E-state index contributed by atoms with van der Waals surface area (Å²) in [5, 5.41) is 7.87. The Balaban J connectivity index is 1.35. The van der Waals surface area contributed by atoms with Crippen LogP contribution in [0, 0.1) is 6.92 Å². The number of nitrogens with one attached hydrogen (secondary N) is 1. The zero-order chi connectivity index (χ0) is 18.1. The summed E-state index contributed by atoms with van der Waals surface area (Å²) in [4.78, 5) is 19.5. The molecule has 3 heterocycles. The van der Waals surface area contributed by atoms with E-state index < -0.39 is 0 Å². The number of hydrogen-bond donors (Lipinski definition) is 1. The average Bonchev–Trinajstić information content (AvgIpc) is 3.27. The monoisotopic (exact) mass is 370 g/mol. The van der Waals surface area contributed by atoms with Crippen molar-refractivity contribution in [1.29, 1.82) is 0 Å². The van der Waals surface area contributed by atoms with Crippen molar-refractivity contribution in [3.8, 4) is 0 Å². The predicted molar refractivity (Wildman–Crippen MR) is 102 cm³/mol. The summed E-state index contributed by atoms with van der Waals surface area (Å²) >= 11 is 1.80. The van der Waals surface area contributed by atoms with E-state index in [4.69, 9.17) is 9.51 Å². The van der Waals surface area contributed by atoms with Gasteiger partial charge in [0.25, 0.3) is 0 Å². The lowest BCUT2D eigenvalue weighted by Crippen LogP contribution is -2.45. The van der Waals surface area contributed by atoms with Gasteiger partial charge in [0.15, 0.2) is 5.82 Å². The summed E-state index contributed by atoms with van der Waals surface area (Å²) in [5.74, 6) is 1.60. The first-order valence-electron chi connectivity index (χ1n) is 8.94. The Morgan fingerprint density at radius 2 is 2.12 bits per heavy atom. The molecule has 0 saturated carbocycles. The number of amides is 1. The van der Waals surface area contributed by atoms with Crippen LogP contribution < -0.4 is 5.32 Å². The van der Waals surface area contributed by atoms with Crippen LogP contribution in [0.4, 0.5) is 5.82 Å². The van der Waals surface area contributed by atoms with Gasteiger partial charge in [0.1, 0.15) is 5.76 Å². The fraction of sp³-hybridized carbons (Fsp3) is 0.421. The highest BCUT2D eigenvalue weighted by Gasteiger charge is 2.29. The van der Waals surface area contributed by atoms with E-state index in [0.717, 1.165) is 31.4 Å². The molecule has 2 aromatic heterocycles. The van der Waals surface area contributed by atoms with Crippen LogP contribution in [0.3, 0.4) is 0 Å². The fourth-order valence-corrected chi connectivity index (χ4v) is 4.56. The van der Waals surface area contributed by atoms with E-state index >= 15 is 0 Å². The third-order valence-corrected chi connectivity index (χ3v) is 6.19. The third-order valence-electron chi connectivity index (χ3n) is 5.00. The number of nitrogens with zero attached hydrogens (tertiary/aromatic N) is 3. The molecule has 7 heteroatoms. The number of carbonyl (C=O) groups excluding carboxylic acids is 1. The lowest BCUT2D eigenvalue weighted by atomic mass is 9.96. The zero-order valence-electron chi connectivity index (χ0n) is 14.9. The van der Waals surface area contributed by atoms with Crippen LogP contribution in [0.15, 0.2) is 34.9 Å². The molecule has 1 atom stereocenters. The maximum atomic E-state index is 12.4. The summed E-state index contributed by atoms with van der Waals surface area (Å²) in [5.41, 5.74) is 1.09. The van der Waals surface area contributed by atoms with Crippen molar-refractivity contribution in [2.45, 2.75) is 38.6 Å². The van der Waals surface area contributed by atoms with Crippen molar-refractivity contribution in [2.24, 2.45) is 0 Å². The second-order valence-electron chi connectivity index (χ2n) is 6.82. The summed E-state index contributed by atoms with van der Waals surface area (Å²) in [7, 11) is 0. The Kier molecular flexibility index (Phi) is 4.74. The number of aromatic nitrogens is 2. The van der Waals surface area contributed by atoms with Gasteiger partial charge in [-0.25, -0.2) is 4.98 Å². The van der Waals surface area contributed by atoms with Crippen molar-refractivity contribution in [3.05, 3.63) is 41.1 Å². The molecule has 1 aliphatic rings. The maximum Gasteiger partial charge on any atom is 0.242 e. The van der Waals surface area contributed by atoms with Gasteiger partial charge in [0, 0.05) is 12.0 Å². The number of likely N-dealkylation sites (tertiary alicyclic amines) is 1. The highest BCUT2D eigenvalue weighted by atomic mass is 32.1. The van der Waals surface area contributed by atoms with E-state index in [1.807, 2.05) is 13.0 Å². The number of para-hydroxylation sites is 1. The minimum Gasteiger partial charge on any atom is -0.360 e. The summed E-state index contributed by atoms with van der Waals surface area (Å²) in [6.07, 6.45) is 2.06. The molecular weight excluding hydrogens is 348 g/mol. The lowest BCUT2D eigenvalue weighted by Gasteiger charge is -2.34. The molecule has 1 fully saturated rings. The van der Waals surface area contributed by atoms with Crippen molar-refractivity contribution in [2.75, 3.05) is 18.4 Å². The largest absolute Gasteiger partial charge is 0.360 e. The number of fused-ring (bicyclic) bond motifs is 1. The quantitative estimate of drug-likeness (QED) is 0.756. The van der Waals surface area contributed by atoms with Crippen LogP contribution in [0.25, 0.3) is 10.2 Å². The molecule has 0 bridgehead atoms. The number of aryl methyl sites for hydroxylation is 1. The zero-order valence-corrected chi connectivity index (χ0v) is 15.8. The topological polar surface area (TPSA) is 71.3 Å². The molecule has 1 saturated heterocycles. The highest BCUT2D eigenvalue weighted by Crippen LogP contribution is 2.34. The number of thiazole rings is 1. The number of rotatable bonds is 4. The van der Waals surface area contributed by atoms with Gasteiger partial charge in [-0.2, -0.15) is 0 Å². The fourth-order valence-electron chi connectivity index (χ4n) is 3.42. The van der Waals surface area contributed by atoms with Gasteiger partial charge in [-0.05, 0) is 51.9 Å². The van der Waals surface area contributed by atoms with Crippen molar-refractivity contribution in [1.82, 2.24) is 15.0 Å². The smallest absolute Gasteiger partial charge is 0.242 e. The molecular formula is C19H22N4O2S. The van der Waals surface area contributed by atoms with Gasteiger partial charge in [-0.15, -0.1) is 11.3 Å². The van der Waals surface area contributed by atoms with Gasteiger partial charge in [-0.1, -0.05) is 17.3 Å². The molecule has 0 aliphatic carbocycles. The van der Waals surface area contributed by atoms with Crippen LogP contribution in [0.2, 0.25) is 0 Å². The Morgan fingerprint density at radius 1 is 1.35 bits per heavy atom. The molecule has 0 unspecified atom stereocenters. The Morgan fingerprint density at radius 3 is 2.81 bits per heavy atom. The van der Waals surface area contributed by atoms with E-state index in [0.29, 0.717) is 17.5 Å². The second-order valence-corrected chi connectivity index (χ2v) is 7.88. The number of benzene rings is 1. The second kappa shape index (κ2) is 7.17. The predicted octanol–water partition coefficient (Wildman–Crippen LogP) is 3.80. The Hall–Kier alpha value is -2.25. The van der Waals surface area contributed by atoms with Crippen molar-refractivity contribution < 1.29 is 9.32 Å². The SMILES string of the molecule is Cc1cc(NC(=O)[C@H](C)N2CCC(c3nc4ccccc4s3)CC2)no1. The molecule has 4 rings (SSSR count). The summed E-state index contributed by atoms with van der Waals surface area (Å²) < 4.78 is 6.25. The maximum absolute atomic E-state index is 12.4. The minimum atomic E-state index is -0.191. The van der Waals surface area contributed by atoms with Crippen molar-refractivity contribution >= 4 is 33.3 Å². The van der Waals surface area contributed by atoms with E-state index in [9.17, 15) is 4.79 Å². The van der Waals surface area contributed by atoms with E-state index in [2.05, 4.69) is 33.6 Å². The first-order chi connectivity index (χ1) is 12.6. The van der Waals surface area contributed by atoms with E-state index in [1.54, 1.807) is 24.3 Å². The van der Waals surface area contributed by atoms with Crippen LogP contribution >= 0.6 is 11.3 Å². The summed E-state index contributed by atoms with van der Waals surface area (Å²) in [6, 6.07) is 9.83. The average molecular weight is 370 g/mol. The van der Waals surface area contributed by atoms with Gasteiger partial charge in [-0.3, -0.25) is 9.69 Å². The van der Waals surface area contributed by atoms with Gasteiger partial charge in [0.2, 0.25) is 5.91 Å². The lowest BCUT2D eigenvalue weighted by molar-refractivity contribution is -0.121. The number of carbonyl (C=O) groups is 1. The van der Waals surface area contributed by atoms with Crippen LogP contribution in [-0.4, -0.2) is 40.1 Å². The van der Waals surface area contributed by atoms with Crippen LogP contribution in [0.1, 0.15) is 36.5 Å². The number of hydrogen-bond acceptors (Lipinski definition) is 6. The Labute approximate surface area is 156 Å². The molecule has 3 aromatic rings. The summed E-state index contributed by atoms with van der Waals surface area (Å²) in [6.45, 7) is 5.54. The molecule has 0 spiro atoms. The molecule has 6 nitrogen and oxygen atoms in total. The van der Waals surface area contributed by atoms with Gasteiger partial charge in [0.05, 0.1) is 21.3 Å². The molecule has 136 valence electrons. The van der Waals surface area contributed by atoms with E-state index in [1.165, 1.54) is 9.71 Å².